The van der Waals surface area contributed by atoms with Crippen molar-refractivity contribution in [2.45, 2.75) is 32.7 Å². The summed E-state index contributed by atoms with van der Waals surface area (Å²) in [6, 6.07) is 5.21. The highest BCUT2D eigenvalue weighted by Gasteiger charge is 2.06. The van der Waals surface area contributed by atoms with Crippen LogP contribution in [-0.4, -0.2) is 6.04 Å². The summed E-state index contributed by atoms with van der Waals surface area (Å²) in [5.41, 5.74) is 7.57. The van der Waals surface area contributed by atoms with E-state index in [0.717, 1.165) is 17.5 Å². The average Bonchev–Trinajstić information content (AvgIpc) is 2.11. The van der Waals surface area contributed by atoms with Crippen LogP contribution in [0.25, 0.3) is 0 Å². The van der Waals surface area contributed by atoms with Crippen molar-refractivity contribution < 1.29 is 4.39 Å². The van der Waals surface area contributed by atoms with Gasteiger partial charge in [-0.05, 0) is 31.4 Å². The third-order valence-electron chi connectivity index (χ3n) is 2.21. The van der Waals surface area contributed by atoms with Gasteiger partial charge in [0.2, 0.25) is 0 Å². The molecule has 0 bridgehead atoms. The molecule has 0 heterocycles. The van der Waals surface area contributed by atoms with Crippen LogP contribution in [0.15, 0.2) is 18.2 Å². The van der Waals surface area contributed by atoms with E-state index in [1.165, 1.54) is 6.07 Å². The molecular formula is C11H17ClFN. The third kappa shape index (κ3) is 3.64. The molecule has 0 aliphatic heterocycles. The Kier molecular flexibility index (Phi) is 5.73. The van der Waals surface area contributed by atoms with Crippen molar-refractivity contribution in [2.24, 2.45) is 5.73 Å². The number of aryl methyl sites for hydroxylation is 1. The van der Waals surface area contributed by atoms with Crippen LogP contribution in [0, 0.1) is 12.7 Å². The Labute approximate surface area is 90.9 Å². The third-order valence-corrected chi connectivity index (χ3v) is 2.21. The number of rotatable bonds is 3. The van der Waals surface area contributed by atoms with Crippen LogP contribution >= 0.6 is 12.4 Å². The molecule has 0 aromatic heterocycles. The van der Waals surface area contributed by atoms with Gasteiger partial charge >= 0.3 is 0 Å². The molecule has 1 unspecified atom stereocenters. The van der Waals surface area contributed by atoms with E-state index in [4.69, 9.17) is 5.73 Å². The fourth-order valence-electron chi connectivity index (χ4n) is 1.29. The van der Waals surface area contributed by atoms with E-state index in [1.807, 2.05) is 19.9 Å². The molecule has 80 valence electrons. The monoisotopic (exact) mass is 217 g/mol. The topological polar surface area (TPSA) is 26.0 Å². The molecule has 14 heavy (non-hydrogen) atoms. The molecule has 2 N–H and O–H groups in total. The molecule has 0 aliphatic rings. The minimum Gasteiger partial charge on any atom is -0.327 e. The van der Waals surface area contributed by atoms with E-state index in [0.29, 0.717) is 6.42 Å². The summed E-state index contributed by atoms with van der Waals surface area (Å²) in [7, 11) is 0. The van der Waals surface area contributed by atoms with E-state index < -0.39 is 0 Å². The van der Waals surface area contributed by atoms with Gasteiger partial charge in [0.15, 0.2) is 0 Å². The predicted octanol–water partition coefficient (Wildman–Crippen LogP) is 2.84. The summed E-state index contributed by atoms with van der Waals surface area (Å²) < 4.78 is 13.2. The minimum absolute atomic E-state index is 0. The van der Waals surface area contributed by atoms with Crippen molar-refractivity contribution in [3.05, 3.63) is 35.1 Å². The summed E-state index contributed by atoms with van der Waals surface area (Å²) in [5, 5.41) is 0. The van der Waals surface area contributed by atoms with Gasteiger partial charge in [0, 0.05) is 6.04 Å². The molecule has 1 rings (SSSR count). The number of benzene rings is 1. The second-order valence-corrected chi connectivity index (χ2v) is 3.47. The molecule has 1 nitrogen and oxygen atoms in total. The maximum atomic E-state index is 13.2. The smallest absolute Gasteiger partial charge is 0.126 e. The second kappa shape index (κ2) is 5.99. The first-order valence-electron chi connectivity index (χ1n) is 4.64. The lowest BCUT2D eigenvalue weighted by atomic mass is 10.0. The largest absolute Gasteiger partial charge is 0.327 e. The zero-order valence-electron chi connectivity index (χ0n) is 8.59. The molecular weight excluding hydrogens is 201 g/mol. The molecule has 1 aromatic rings. The average molecular weight is 218 g/mol. The van der Waals surface area contributed by atoms with E-state index in [1.54, 1.807) is 6.07 Å². The first-order chi connectivity index (χ1) is 6.13. The van der Waals surface area contributed by atoms with Crippen molar-refractivity contribution in [1.29, 1.82) is 0 Å². The van der Waals surface area contributed by atoms with E-state index in [-0.39, 0.29) is 24.3 Å². The lowest BCUT2D eigenvalue weighted by Gasteiger charge is -2.09. The summed E-state index contributed by atoms with van der Waals surface area (Å²) in [4.78, 5) is 0. The Morgan fingerprint density at radius 2 is 2.07 bits per heavy atom. The first-order valence-corrected chi connectivity index (χ1v) is 4.64. The van der Waals surface area contributed by atoms with Crippen LogP contribution in [0.1, 0.15) is 24.5 Å². The lowest BCUT2D eigenvalue weighted by Crippen LogP contribution is -2.22. The van der Waals surface area contributed by atoms with E-state index in [9.17, 15) is 4.39 Å². The van der Waals surface area contributed by atoms with Crippen LogP contribution in [-0.2, 0) is 6.42 Å². The molecule has 3 heteroatoms. The number of halogens is 2. The van der Waals surface area contributed by atoms with E-state index >= 15 is 0 Å². The molecule has 0 aliphatic carbocycles. The Balaban J connectivity index is 0.00000169. The fourth-order valence-corrected chi connectivity index (χ4v) is 1.29. The molecule has 0 spiro atoms. The van der Waals surface area contributed by atoms with Crippen LogP contribution in [0.2, 0.25) is 0 Å². The van der Waals surface area contributed by atoms with Gasteiger partial charge in [0.05, 0.1) is 0 Å². The fraction of sp³-hybridized carbons (Fsp3) is 0.455. The second-order valence-electron chi connectivity index (χ2n) is 3.47. The van der Waals surface area contributed by atoms with Gasteiger partial charge in [0.25, 0.3) is 0 Å². The van der Waals surface area contributed by atoms with Crippen LogP contribution in [0.4, 0.5) is 4.39 Å². The molecule has 1 atom stereocenters. The summed E-state index contributed by atoms with van der Waals surface area (Å²) in [6.07, 6.45) is 1.51. The Hall–Kier alpha value is -0.600. The van der Waals surface area contributed by atoms with Gasteiger partial charge < -0.3 is 5.73 Å². The molecule has 0 amide bonds. The number of hydrogen-bond donors (Lipinski definition) is 1. The Morgan fingerprint density at radius 3 is 2.64 bits per heavy atom. The van der Waals surface area contributed by atoms with Gasteiger partial charge in [-0.15, -0.1) is 12.4 Å². The zero-order chi connectivity index (χ0) is 9.84. The maximum absolute atomic E-state index is 13.2. The Morgan fingerprint density at radius 1 is 1.43 bits per heavy atom. The number of hydrogen-bond acceptors (Lipinski definition) is 1. The molecule has 0 radical (unpaired) electrons. The minimum atomic E-state index is -0.144. The van der Waals surface area contributed by atoms with Crippen molar-refractivity contribution in [3.8, 4) is 0 Å². The summed E-state index contributed by atoms with van der Waals surface area (Å²) >= 11 is 0. The lowest BCUT2D eigenvalue weighted by molar-refractivity contribution is 0.578. The SMILES string of the molecule is CCC(N)Cc1cc(C)ccc1F.Cl. The van der Waals surface area contributed by atoms with Crippen molar-refractivity contribution >= 4 is 12.4 Å². The van der Waals surface area contributed by atoms with Gasteiger partial charge in [-0.2, -0.15) is 0 Å². The predicted molar refractivity (Wildman–Crippen MR) is 60.4 cm³/mol. The van der Waals surface area contributed by atoms with Crippen LogP contribution in [0.3, 0.4) is 0 Å². The van der Waals surface area contributed by atoms with Crippen LogP contribution < -0.4 is 5.73 Å². The highest BCUT2D eigenvalue weighted by molar-refractivity contribution is 5.85. The quantitative estimate of drug-likeness (QED) is 0.828. The van der Waals surface area contributed by atoms with Gasteiger partial charge in [-0.25, -0.2) is 4.39 Å². The Bertz CT molecular complexity index is 289. The highest BCUT2D eigenvalue weighted by Crippen LogP contribution is 2.12. The molecule has 0 fully saturated rings. The first kappa shape index (κ1) is 13.4. The normalized spacial score (nSPS) is 12.0. The molecule has 0 saturated heterocycles. The van der Waals surface area contributed by atoms with E-state index in [2.05, 4.69) is 0 Å². The van der Waals surface area contributed by atoms with Gasteiger partial charge in [0.1, 0.15) is 5.82 Å². The van der Waals surface area contributed by atoms with Crippen molar-refractivity contribution in [2.75, 3.05) is 0 Å². The maximum Gasteiger partial charge on any atom is 0.126 e. The van der Waals surface area contributed by atoms with Crippen LogP contribution in [0.5, 0.6) is 0 Å². The van der Waals surface area contributed by atoms with Crippen molar-refractivity contribution in [1.82, 2.24) is 0 Å². The standard InChI is InChI=1S/C11H16FN.ClH/c1-3-10(13)7-9-6-8(2)4-5-11(9)12;/h4-6,10H,3,7,13H2,1-2H3;1H. The molecule has 1 aromatic carbocycles. The molecule has 0 saturated carbocycles. The zero-order valence-corrected chi connectivity index (χ0v) is 9.40. The highest BCUT2D eigenvalue weighted by atomic mass is 35.5. The summed E-state index contributed by atoms with van der Waals surface area (Å²) in [5.74, 6) is -0.144. The van der Waals surface area contributed by atoms with Gasteiger partial charge in [-0.1, -0.05) is 24.6 Å². The van der Waals surface area contributed by atoms with Gasteiger partial charge in [-0.3, -0.25) is 0 Å². The van der Waals surface area contributed by atoms with Crippen molar-refractivity contribution in [3.63, 3.8) is 0 Å². The summed E-state index contributed by atoms with van der Waals surface area (Å²) in [6.45, 7) is 3.97. The number of nitrogens with two attached hydrogens (primary N) is 1.